The van der Waals surface area contributed by atoms with Crippen molar-refractivity contribution in [1.82, 2.24) is 4.98 Å². The average Bonchev–Trinajstić information content (AvgIpc) is 3.11. The first-order valence-corrected chi connectivity index (χ1v) is 8.58. The Morgan fingerprint density at radius 2 is 1.68 bits per heavy atom. The molecule has 0 aliphatic rings. The van der Waals surface area contributed by atoms with Gasteiger partial charge in [-0.05, 0) is 29.8 Å². The minimum absolute atomic E-state index is 0.362. The largest absolute Gasteiger partial charge is 0.493 e. The summed E-state index contributed by atoms with van der Waals surface area (Å²) in [4.78, 5) is 3.35. The number of para-hydroxylation sites is 2. The first kappa shape index (κ1) is 17.5. The van der Waals surface area contributed by atoms with Gasteiger partial charge in [0.15, 0.2) is 11.5 Å². The molecular formula is C21H19N4O3+. The molecular weight excluding hydrogens is 356 g/mol. The van der Waals surface area contributed by atoms with E-state index in [4.69, 9.17) is 19.9 Å². The molecule has 0 aliphatic heterocycles. The monoisotopic (exact) mass is 375 g/mol. The average molecular weight is 375 g/mol. The summed E-state index contributed by atoms with van der Waals surface area (Å²) in [5.41, 5.74) is 10.8. The fourth-order valence-corrected chi connectivity index (χ4v) is 3.50. The van der Waals surface area contributed by atoms with Crippen molar-refractivity contribution in [3.8, 4) is 34.4 Å². The van der Waals surface area contributed by atoms with Crippen LogP contribution < -0.4 is 24.3 Å². The van der Waals surface area contributed by atoms with E-state index in [0.29, 0.717) is 34.2 Å². The summed E-state index contributed by atoms with van der Waals surface area (Å²) >= 11 is 0. The van der Waals surface area contributed by atoms with Gasteiger partial charge in [-0.25, -0.2) is 0 Å². The fraction of sp³-hybridized carbons (Fsp3) is 0.143. The van der Waals surface area contributed by atoms with Gasteiger partial charge in [-0.15, -0.1) is 0 Å². The molecule has 2 heterocycles. The lowest BCUT2D eigenvalue weighted by Gasteiger charge is -2.15. The van der Waals surface area contributed by atoms with Crippen LogP contribution in [0, 0.1) is 11.3 Å². The molecule has 2 aromatic heterocycles. The predicted molar refractivity (Wildman–Crippen MR) is 106 cm³/mol. The first-order chi connectivity index (χ1) is 13.6. The van der Waals surface area contributed by atoms with Gasteiger partial charge >= 0.3 is 0 Å². The van der Waals surface area contributed by atoms with Gasteiger partial charge in [0.05, 0.1) is 21.3 Å². The van der Waals surface area contributed by atoms with Crippen LogP contribution in [0.25, 0.3) is 27.8 Å². The van der Waals surface area contributed by atoms with Gasteiger partial charge in [-0.1, -0.05) is 12.1 Å². The smallest absolute Gasteiger partial charge is 0.243 e. The molecule has 4 rings (SSSR count). The Labute approximate surface area is 161 Å². The number of hydrogen-bond acceptors (Lipinski definition) is 5. The van der Waals surface area contributed by atoms with Crippen molar-refractivity contribution in [2.75, 3.05) is 27.1 Å². The van der Waals surface area contributed by atoms with E-state index >= 15 is 0 Å². The Morgan fingerprint density at radius 3 is 2.29 bits per heavy atom. The highest BCUT2D eigenvalue weighted by Crippen LogP contribution is 2.42. The Balaban J connectivity index is 2.07. The van der Waals surface area contributed by atoms with E-state index in [0.717, 1.165) is 22.2 Å². The molecule has 28 heavy (non-hydrogen) atoms. The van der Waals surface area contributed by atoms with Crippen LogP contribution in [0.15, 0.2) is 42.5 Å². The van der Waals surface area contributed by atoms with Crippen LogP contribution in [0.3, 0.4) is 0 Å². The minimum Gasteiger partial charge on any atom is -0.493 e. The van der Waals surface area contributed by atoms with E-state index in [1.54, 1.807) is 33.5 Å². The maximum Gasteiger partial charge on any atom is 0.243 e. The molecule has 140 valence electrons. The van der Waals surface area contributed by atoms with Crippen LogP contribution in [0.2, 0.25) is 0 Å². The zero-order valence-corrected chi connectivity index (χ0v) is 15.7. The Kier molecular flexibility index (Phi) is 4.17. The highest BCUT2D eigenvalue weighted by molar-refractivity contribution is 5.83. The van der Waals surface area contributed by atoms with Gasteiger partial charge in [0, 0.05) is 11.6 Å². The summed E-state index contributed by atoms with van der Waals surface area (Å²) in [6, 6.07) is 15.5. The highest BCUT2D eigenvalue weighted by Gasteiger charge is 2.23. The number of H-pyrrole nitrogens is 1. The number of nitrogens with one attached hydrogen (secondary N) is 1. The van der Waals surface area contributed by atoms with Crippen molar-refractivity contribution in [3.63, 3.8) is 0 Å². The molecule has 2 aromatic carbocycles. The van der Waals surface area contributed by atoms with Crippen molar-refractivity contribution in [2.24, 2.45) is 0 Å². The van der Waals surface area contributed by atoms with Crippen LogP contribution in [0.1, 0.15) is 5.56 Å². The van der Waals surface area contributed by atoms with Gasteiger partial charge in [-0.2, -0.15) is 9.66 Å². The second-order valence-electron chi connectivity index (χ2n) is 6.21. The minimum atomic E-state index is 0.362. The number of imidazole rings is 1. The second-order valence-corrected chi connectivity index (χ2v) is 6.21. The van der Waals surface area contributed by atoms with Gasteiger partial charge in [-0.3, -0.25) is 4.98 Å². The fourth-order valence-electron chi connectivity index (χ4n) is 3.50. The lowest BCUT2D eigenvalue weighted by atomic mass is 10.00. The van der Waals surface area contributed by atoms with Gasteiger partial charge < -0.3 is 19.9 Å². The van der Waals surface area contributed by atoms with E-state index in [9.17, 15) is 5.26 Å². The van der Waals surface area contributed by atoms with E-state index in [2.05, 4.69) is 11.1 Å². The van der Waals surface area contributed by atoms with Crippen LogP contribution in [0.5, 0.6) is 17.2 Å². The van der Waals surface area contributed by atoms with Crippen molar-refractivity contribution >= 4 is 22.5 Å². The lowest BCUT2D eigenvalue weighted by Crippen LogP contribution is -2.26. The van der Waals surface area contributed by atoms with E-state index in [1.807, 2.05) is 34.7 Å². The molecule has 0 bridgehead atoms. The first-order valence-electron chi connectivity index (χ1n) is 8.58. The summed E-state index contributed by atoms with van der Waals surface area (Å²) in [6.45, 7) is 0. The van der Waals surface area contributed by atoms with Crippen molar-refractivity contribution in [1.29, 1.82) is 5.26 Å². The summed E-state index contributed by atoms with van der Waals surface area (Å²) < 4.78 is 18.1. The maximum atomic E-state index is 9.84. The molecule has 7 nitrogen and oxygen atoms in total. The van der Waals surface area contributed by atoms with E-state index < -0.39 is 0 Å². The molecule has 7 heteroatoms. The van der Waals surface area contributed by atoms with Crippen LogP contribution in [-0.4, -0.2) is 26.3 Å². The molecule has 0 aliphatic carbocycles. The number of ether oxygens (including phenoxy) is 3. The SMILES string of the molecule is COc1cc(-c2cc3[nH]c4ccccc4[n+]3c(N)c2C#N)cc(OC)c1OC. The van der Waals surface area contributed by atoms with Gasteiger partial charge in [0.1, 0.15) is 22.7 Å². The number of nitrogens with zero attached hydrogens (tertiary/aromatic N) is 2. The number of aromatic amines is 1. The van der Waals surface area contributed by atoms with Crippen molar-refractivity contribution in [3.05, 3.63) is 48.0 Å². The van der Waals surface area contributed by atoms with Crippen molar-refractivity contribution < 1.29 is 18.6 Å². The number of anilines is 1. The Morgan fingerprint density at radius 1 is 1.00 bits per heavy atom. The summed E-state index contributed by atoms with van der Waals surface area (Å²) in [5, 5.41) is 9.84. The summed E-state index contributed by atoms with van der Waals surface area (Å²) in [7, 11) is 4.65. The third-order valence-electron chi connectivity index (χ3n) is 4.78. The zero-order valence-electron chi connectivity index (χ0n) is 15.7. The highest BCUT2D eigenvalue weighted by atomic mass is 16.5. The number of aromatic nitrogens is 2. The second kappa shape index (κ2) is 6.67. The van der Waals surface area contributed by atoms with Crippen LogP contribution >= 0.6 is 0 Å². The number of methoxy groups -OCH3 is 3. The summed E-state index contributed by atoms with van der Waals surface area (Å²) in [5.74, 6) is 1.86. The number of benzene rings is 2. The predicted octanol–water partition coefficient (Wildman–Crippen LogP) is 3.05. The standard InChI is InChI=1S/C21H18N4O3/c1-26-17-8-12(9-18(27-2)20(17)28-3)13-10-19-24-15-6-4-5-7-16(15)25(19)21(23)14(13)11-22/h4-10H,1-3H3,(H2,23,24)/p+1. The van der Waals surface area contributed by atoms with Gasteiger partial charge in [0.2, 0.25) is 17.2 Å². The number of fused-ring (bicyclic) bond motifs is 3. The lowest BCUT2D eigenvalue weighted by molar-refractivity contribution is -0.464. The number of pyridine rings is 1. The topological polar surface area (TPSA) is 97.4 Å². The van der Waals surface area contributed by atoms with Gasteiger partial charge in [0.25, 0.3) is 0 Å². The van der Waals surface area contributed by atoms with Crippen LogP contribution in [-0.2, 0) is 0 Å². The summed E-state index contributed by atoms with van der Waals surface area (Å²) in [6.07, 6.45) is 0. The normalized spacial score (nSPS) is 10.8. The van der Waals surface area contributed by atoms with E-state index in [-0.39, 0.29) is 0 Å². The van der Waals surface area contributed by atoms with Crippen molar-refractivity contribution in [2.45, 2.75) is 0 Å². The third kappa shape index (κ3) is 2.47. The quantitative estimate of drug-likeness (QED) is 0.534. The third-order valence-corrected chi connectivity index (χ3v) is 4.78. The molecule has 0 saturated heterocycles. The van der Waals surface area contributed by atoms with E-state index in [1.165, 1.54) is 0 Å². The Hall–Kier alpha value is -3.92. The molecule has 0 fully saturated rings. The number of hydrogen-bond donors (Lipinski definition) is 2. The molecule has 0 amide bonds. The number of nitrogen functional groups attached to an aromatic ring is 1. The molecule has 3 N–H and O–H groups in total. The molecule has 0 saturated carbocycles. The number of nitriles is 1. The molecule has 0 atom stereocenters. The zero-order chi connectivity index (χ0) is 19.8. The molecule has 0 spiro atoms. The van der Waals surface area contributed by atoms with Crippen LogP contribution in [0.4, 0.5) is 5.82 Å². The molecule has 0 radical (unpaired) electrons. The molecule has 0 unspecified atom stereocenters. The number of nitrogens with two attached hydrogens (primary N) is 1. The Bertz CT molecular complexity index is 1230. The number of rotatable bonds is 4. The molecule has 4 aromatic rings. The maximum absolute atomic E-state index is 9.84.